The lowest BCUT2D eigenvalue weighted by Crippen LogP contribution is -2.63. The number of carbonyl (C=O) groups excluding carboxylic acids is 2. The summed E-state index contributed by atoms with van der Waals surface area (Å²) in [4.78, 5) is 24.7. The molecule has 0 aromatic rings. The highest BCUT2D eigenvalue weighted by atomic mass is 16.7. The number of hydrogen-bond donors (Lipinski definition) is 5. The van der Waals surface area contributed by atoms with Gasteiger partial charge in [0.15, 0.2) is 6.29 Å². The predicted octanol–water partition coefficient (Wildman–Crippen LogP) is 0.606. The van der Waals surface area contributed by atoms with Crippen LogP contribution < -0.4 is 0 Å². The zero-order chi connectivity index (χ0) is 27.9. The Balaban J connectivity index is 1.21. The largest absolute Gasteiger partial charge is 0.458 e. The molecule has 4 saturated carbocycles. The number of ether oxygens (including phenoxy) is 3. The van der Waals surface area contributed by atoms with Crippen LogP contribution in [0.1, 0.15) is 65.2 Å². The van der Waals surface area contributed by atoms with Gasteiger partial charge in [-0.1, -0.05) is 6.92 Å². The highest BCUT2D eigenvalue weighted by Crippen LogP contribution is 2.69. The Hall–Kier alpha value is -1.40. The van der Waals surface area contributed by atoms with Crippen LogP contribution in [-0.2, 0) is 23.8 Å². The van der Waals surface area contributed by atoms with E-state index in [1.807, 2.05) is 6.92 Å². The Labute approximate surface area is 228 Å². The fraction of sp³-hybridized carbons (Fsp3) is 0.862. The maximum Gasteiger partial charge on any atom is 0.331 e. The Bertz CT molecular complexity index is 1030. The van der Waals surface area contributed by atoms with Crippen molar-refractivity contribution in [3.05, 3.63) is 11.6 Å². The average Bonchev–Trinajstić information content (AvgIpc) is 3.41. The number of aliphatic hydroxyl groups excluding tert-OH is 4. The number of fused-ring (bicyclic) bond motifs is 5. The lowest BCUT2D eigenvalue weighted by Gasteiger charge is -2.63. The van der Waals surface area contributed by atoms with Crippen molar-refractivity contribution in [2.75, 3.05) is 6.61 Å². The number of cyclic esters (lactones) is 1. The van der Waals surface area contributed by atoms with Crippen LogP contribution in [-0.4, -0.2) is 92.9 Å². The molecule has 6 aliphatic rings. The highest BCUT2D eigenvalue weighted by Gasteiger charge is 2.70. The van der Waals surface area contributed by atoms with Crippen LogP contribution in [0.5, 0.6) is 0 Å². The van der Waals surface area contributed by atoms with Gasteiger partial charge in [0.05, 0.1) is 23.9 Å². The van der Waals surface area contributed by atoms with E-state index in [1.165, 1.54) is 6.08 Å². The van der Waals surface area contributed by atoms with E-state index < -0.39 is 59.2 Å². The van der Waals surface area contributed by atoms with E-state index in [9.17, 15) is 35.1 Å². The van der Waals surface area contributed by atoms with Gasteiger partial charge in [0, 0.05) is 29.2 Å². The summed E-state index contributed by atoms with van der Waals surface area (Å²) in [6.45, 7) is 3.80. The van der Waals surface area contributed by atoms with Gasteiger partial charge in [0.1, 0.15) is 31.2 Å². The molecule has 5 N–H and O–H groups in total. The highest BCUT2D eigenvalue weighted by molar-refractivity contribution is 5.85. The van der Waals surface area contributed by atoms with E-state index in [4.69, 9.17) is 14.2 Å². The third kappa shape index (κ3) is 3.93. The van der Waals surface area contributed by atoms with Gasteiger partial charge in [-0.05, 0) is 75.2 Å². The van der Waals surface area contributed by atoms with Crippen molar-refractivity contribution < 1.29 is 49.3 Å². The molecule has 14 atom stereocenters. The van der Waals surface area contributed by atoms with Crippen molar-refractivity contribution in [1.29, 1.82) is 0 Å². The first-order chi connectivity index (χ1) is 18.4. The monoisotopic (exact) mass is 550 g/mol. The van der Waals surface area contributed by atoms with Gasteiger partial charge in [-0.2, -0.15) is 0 Å². The summed E-state index contributed by atoms with van der Waals surface area (Å²) in [5.41, 5.74) is -1.64. The molecule has 0 spiro atoms. The first kappa shape index (κ1) is 27.8. The molecule has 2 heterocycles. The standard InChI is InChI=1S/C29H42O10/c1-14-23(33)24(34)25(35)26(38-14)39-17-5-8-28(13-30)16(10-17)3-4-19-18(28)6-7-27(2)22(15-9-21(32)37-12-15)20(31)11-29(19,27)36/h9,13-14,16-20,22-26,31,33-36H,3-8,10-12H2,1-2H3/t14-,16+,17+,18-,19+,20-,22-,23-,24+,25+,26-,27-,28+,29+/m0/s1. The summed E-state index contributed by atoms with van der Waals surface area (Å²) >= 11 is 0. The molecule has 0 bridgehead atoms. The molecule has 0 amide bonds. The van der Waals surface area contributed by atoms with Crippen LogP contribution in [0.2, 0.25) is 0 Å². The van der Waals surface area contributed by atoms with Crippen LogP contribution in [0.4, 0.5) is 0 Å². The average molecular weight is 551 g/mol. The summed E-state index contributed by atoms with van der Waals surface area (Å²) in [6.07, 6.45) is 0.686. The number of aldehydes is 1. The summed E-state index contributed by atoms with van der Waals surface area (Å²) < 4.78 is 16.9. The van der Waals surface area contributed by atoms with Gasteiger partial charge in [-0.25, -0.2) is 4.79 Å². The summed E-state index contributed by atoms with van der Waals surface area (Å²) in [5, 5.41) is 54.1. The van der Waals surface area contributed by atoms with Crippen LogP contribution in [0.15, 0.2) is 11.6 Å². The SMILES string of the molecule is C[C@@H]1O[C@@H](O[C@@H]2CC[C@@]3(C=O)[C@H](CC[C@@H]4[C@@H]3CC[C@@]3(C)[C@@H](C5=CC(=O)OC5)[C@@H](O)C[C@@]43O)C2)[C@H](O)[C@H](O)[C@H]1O. The van der Waals surface area contributed by atoms with Crippen LogP contribution >= 0.6 is 0 Å². The van der Waals surface area contributed by atoms with Crippen molar-refractivity contribution in [3.63, 3.8) is 0 Å². The predicted molar refractivity (Wildman–Crippen MR) is 135 cm³/mol. The minimum atomic E-state index is -1.37. The number of esters is 1. The first-order valence-corrected chi connectivity index (χ1v) is 14.5. The van der Waals surface area contributed by atoms with E-state index in [0.29, 0.717) is 25.7 Å². The minimum absolute atomic E-state index is 0.0253. The summed E-state index contributed by atoms with van der Waals surface area (Å²) in [6, 6.07) is 0. The zero-order valence-electron chi connectivity index (χ0n) is 22.6. The molecule has 5 fully saturated rings. The second-order valence-electron chi connectivity index (χ2n) is 13.4. The molecule has 0 aromatic heterocycles. The molecule has 2 aliphatic heterocycles. The van der Waals surface area contributed by atoms with Crippen LogP contribution in [0, 0.1) is 34.5 Å². The van der Waals surface area contributed by atoms with Gasteiger partial charge in [0.2, 0.25) is 0 Å². The zero-order valence-corrected chi connectivity index (χ0v) is 22.6. The first-order valence-electron chi connectivity index (χ1n) is 14.5. The normalized spacial score (nSPS) is 55.2. The second kappa shape index (κ2) is 9.58. The molecule has 0 aromatic carbocycles. The fourth-order valence-electron chi connectivity index (χ4n) is 9.82. The lowest BCUT2D eigenvalue weighted by molar-refractivity contribution is -0.309. The quantitative estimate of drug-likeness (QED) is 0.190. The summed E-state index contributed by atoms with van der Waals surface area (Å²) in [5.74, 6) is -0.892. The molecule has 0 radical (unpaired) electrons. The van der Waals surface area contributed by atoms with Gasteiger partial charge in [-0.15, -0.1) is 0 Å². The van der Waals surface area contributed by atoms with Gasteiger partial charge in [-0.3, -0.25) is 0 Å². The molecule has 10 heteroatoms. The van der Waals surface area contributed by atoms with Crippen molar-refractivity contribution >= 4 is 12.3 Å². The molecule has 1 saturated heterocycles. The van der Waals surface area contributed by atoms with E-state index in [1.54, 1.807) is 6.92 Å². The third-order valence-corrected chi connectivity index (χ3v) is 11.8. The Morgan fingerprint density at radius 1 is 1.03 bits per heavy atom. The van der Waals surface area contributed by atoms with Crippen LogP contribution in [0.25, 0.3) is 0 Å². The van der Waals surface area contributed by atoms with E-state index in [2.05, 4.69) is 0 Å². The van der Waals surface area contributed by atoms with Crippen molar-refractivity contribution in [1.82, 2.24) is 0 Å². The maximum absolute atomic E-state index is 12.9. The van der Waals surface area contributed by atoms with Crippen molar-refractivity contribution in [3.8, 4) is 0 Å². The van der Waals surface area contributed by atoms with E-state index in [0.717, 1.165) is 31.1 Å². The second-order valence-corrected chi connectivity index (χ2v) is 13.4. The molecule has 10 nitrogen and oxygen atoms in total. The number of hydrogen-bond acceptors (Lipinski definition) is 10. The molecule has 39 heavy (non-hydrogen) atoms. The van der Waals surface area contributed by atoms with Gasteiger partial charge in [0.25, 0.3) is 0 Å². The third-order valence-electron chi connectivity index (χ3n) is 11.8. The number of carbonyl (C=O) groups is 2. The number of rotatable bonds is 4. The lowest BCUT2D eigenvalue weighted by atomic mass is 9.43. The van der Waals surface area contributed by atoms with Crippen molar-refractivity contribution in [2.45, 2.75) is 114 Å². The molecule has 0 unspecified atom stereocenters. The Morgan fingerprint density at radius 2 is 1.79 bits per heavy atom. The molecular formula is C29H42O10. The smallest absolute Gasteiger partial charge is 0.331 e. The molecule has 218 valence electrons. The van der Waals surface area contributed by atoms with Crippen LogP contribution in [0.3, 0.4) is 0 Å². The Morgan fingerprint density at radius 3 is 2.49 bits per heavy atom. The fourth-order valence-corrected chi connectivity index (χ4v) is 9.82. The Kier molecular flexibility index (Phi) is 6.81. The molecule has 4 aliphatic carbocycles. The van der Waals surface area contributed by atoms with E-state index in [-0.39, 0.29) is 42.8 Å². The maximum atomic E-state index is 12.9. The summed E-state index contributed by atoms with van der Waals surface area (Å²) in [7, 11) is 0. The molecular weight excluding hydrogens is 508 g/mol. The molecule has 6 rings (SSSR count). The van der Waals surface area contributed by atoms with Crippen molar-refractivity contribution in [2.24, 2.45) is 34.5 Å². The van der Waals surface area contributed by atoms with Gasteiger partial charge >= 0.3 is 5.97 Å². The topological polar surface area (TPSA) is 163 Å². The van der Waals surface area contributed by atoms with Gasteiger partial charge < -0.3 is 44.5 Å². The van der Waals surface area contributed by atoms with E-state index >= 15 is 0 Å². The number of aliphatic hydroxyl groups is 5. The minimum Gasteiger partial charge on any atom is -0.458 e.